The minimum Gasteiger partial charge on any atom is -0.508 e. The minimum absolute atomic E-state index is 0.102. The van der Waals surface area contributed by atoms with E-state index in [-0.39, 0.29) is 19.0 Å². The van der Waals surface area contributed by atoms with E-state index in [1.165, 1.54) is 62.8 Å². The van der Waals surface area contributed by atoms with E-state index in [1.807, 2.05) is 0 Å². The Kier molecular flexibility index (Phi) is 23.0. The molecule has 0 spiro atoms. The Bertz CT molecular complexity index is 654. The number of rotatable bonds is 27. The van der Waals surface area contributed by atoms with E-state index >= 15 is 0 Å². The molecule has 1 N–H and O–H groups in total. The van der Waals surface area contributed by atoms with Gasteiger partial charge in [-0.3, -0.25) is 0 Å². The Hall–Kier alpha value is -1.75. The van der Waals surface area contributed by atoms with E-state index in [4.69, 9.17) is 33.2 Å². The predicted octanol–water partition coefficient (Wildman–Crippen LogP) is 4.65. The van der Waals surface area contributed by atoms with Crippen LogP contribution in [0.25, 0.3) is 0 Å². The Morgan fingerprint density at radius 2 is 1.11 bits per heavy atom. The van der Waals surface area contributed by atoms with E-state index in [2.05, 4.69) is 13.8 Å². The highest BCUT2D eigenvalue weighted by Gasteiger charge is 2.08. The lowest BCUT2D eigenvalue weighted by Crippen LogP contribution is -2.16. The number of hydrogen-bond acceptors (Lipinski definition) is 9. The number of benzene rings is 1. The van der Waals surface area contributed by atoms with Crippen molar-refractivity contribution in [1.82, 2.24) is 0 Å². The topological polar surface area (TPSA) is 102 Å². The van der Waals surface area contributed by atoms with Crippen LogP contribution in [0.2, 0.25) is 0 Å². The van der Waals surface area contributed by atoms with Crippen LogP contribution in [0.4, 0.5) is 0 Å². The number of carbonyl (C=O) groups is 1. The van der Waals surface area contributed by atoms with Crippen molar-refractivity contribution in [2.24, 2.45) is 5.92 Å². The normalized spacial score (nSPS) is 12.1. The molecule has 1 unspecified atom stereocenters. The largest absolute Gasteiger partial charge is 0.508 e. The Morgan fingerprint density at radius 1 is 0.632 bits per heavy atom. The molecule has 0 aliphatic heterocycles. The SMILES string of the molecule is CCCCCC(CCC)COCCOCCOCCOCCOCCOCCOC(=O)c1ccc(O)cc1. The van der Waals surface area contributed by atoms with E-state index < -0.39 is 5.97 Å². The van der Waals surface area contributed by atoms with Gasteiger partial charge in [0, 0.05) is 6.61 Å². The molecule has 0 amide bonds. The molecule has 0 radical (unpaired) electrons. The number of hydrogen-bond donors (Lipinski definition) is 1. The molecule has 220 valence electrons. The average molecular weight is 543 g/mol. The number of ether oxygens (including phenoxy) is 7. The monoisotopic (exact) mass is 542 g/mol. The molecular weight excluding hydrogens is 492 g/mol. The smallest absolute Gasteiger partial charge is 0.338 e. The number of unbranched alkanes of at least 4 members (excludes halogenated alkanes) is 2. The van der Waals surface area contributed by atoms with E-state index in [0.29, 0.717) is 77.6 Å². The van der Waals surface area contributed by atoms with Gasteiger partial charge in [-0.1, -0.05) is 39.5 Å². The van der Waals surface area contributed by atoms with Crippen molar-refractivity contribution in [2.45, 2.75) is 52.4 Å². The summed E-state index contributed by atoms with van der Waals surface area (Å²) >= 11 is 0. The summed E-state index contributed by atoms with van der Waals surface area (Å²) in [5.41, 5.74) is 0.384. The third kappa shape index (κ3) is 20.2. The summed E-state index contributed by atoms with van der Waals surface area (Å²) in [7, 11) is 0. The van der Waals surface area contributed by atoms with Gasteiger partial charge in [-0.15, -0.1) is 0 Å². The highest BCUT2D eigenvalue weighted by molar-refractivity contribution is 5.89. The zero-order valence-electron chi connectivity index (χ0n) is 23.5. The molecular formula is C29H50O9. The molecule has 0 fully saturated rings. The Balaban J connectivity index is 1.77. The van der Waals surface area contributed by atoms with Crippen LogP contribution in [-0.4, -0.2) is 97.0 Å². The molecule has 0 bridgehead atoms. The van der Waals surface area contributed by atoms with Crippen molar-refractivity contribution >= 4 is 5.97 Å². The van der Waals surface area contributed by atoms with Gasteiger partial charge in [-0.05, 0) is 43.0 Å². The van der Waals surface area contributed by atoms with Gasteiger partial charge in [-0.25, -0.2) is 4.79 Å². The van der Waals surface area contributed by atoms with Crippen LogP contribution in [-0.2, 0) is 33.2 Å². The van der Waals surface area contributed by atoms with Crippen molar-refractivity contribution in [3.05, 3.63) is 29.8 Å². The van der Waals surface area contributed by atoms with Crippen molar-refractivity contribution in [1.29, 1.82) is 0 Å². The van der Waals surface area contributed by atoms with Gasteiger partial charge < -0.3 is 38.3 Å². The summed E-state index contributed by atoms with van der Waals surface area (Å²) in [6.45, 7) is 10.9. The van der Waals surface area contributed by atoms with Crippen LogP contribution < -0.4 is 0 Å². The fourth-order valence-corrected chi connectivity index (χ4v) is 3.63. The first-order valence-corrected chi connectivity index (χ1v) is 14.1. The molecule has 0 aromatic heterocycles. The molecule has 1 aromatic carbocycles. The maximum Gasteiger partial charge on any atom is 0.338 e. The first-order valence-electron chi connectivity index (χ1n) is 14.1. The lowest BCUT2D eigenvalue weighted by atomic mass is 9.97. The van der Waals surface area contributed by atoms with Gasteiger partial charge in [-0.2, -0.15) is 0 Å². The second kappa shape index (κ2) is 25.5. The summed E-state index contributed by atoms with van der Waals surface area (Å²) in [4.78, 5) is 11.8. The standard InChI is InChI=1S/C29H50O9/c1-3-5-6-8-26(7-4-2)25-37-22-21-35-18-17-33-14-13-32-15-16-34-19-20-36-23-24-38-29(31)27-9-11-28(30)12-10-27/h9-12,26,30H,3-8,13-25H2,1-2H3. The van der Waals surface area contributed by atoms with Crippen molar-refractivity contribution in [2.75, 3.05) is 85.9 Å². The zero-order chi connectivity index (χ0) is 27.5. The van der Waals surface area contributed by atoms with Crippen LogP contribution in [0.15, 0.2) is 24.3 Å². The van der Waals surface area contributed by atoms with E-state index in [1.54, 1.807) is 0 Å². The molecule has 0 saturated carbocycles. The van der Waals surface area contributed by atoms with Crippen molar-refractivity contribution in [3.63, 3.8) is 0 Å². The van der Waals surface area contributed by atoms with Crippen molar-refractivity contribution in [3.8, 4) is 5.75 Å². The van der Waals surface area contributed by atoms with Gasteiger partial charge in [0.05, 0.1) is 78.2 Å². The fraction of sp³-hybridized carbons (Fsp3) is 0.759. The molecule has 0 aliphatic rings. The van der Waals surface area contributed by atoms with Crippen LogP contribution in [0, 0.1) is 5.92 Å². The number of phenols is 1. The lowest BCUT2D eigenvalue weighted by molar-refractivity contribution is -0.0209. The molecule has 38 heavy (non-hydrogen) atoms. The van der Waals surface area contributed by atoms with Crippen LogP contribution in [0.3, 0.4) is 0 Å². The summed E-state index contributed by atoms with van der Waals surface area (Å²) < 4.78 is 38.2. The Labute approximate surface area is 229 Å². The molecule has 9 nitrogen and oxygen atoms in total. The molecule has 1 rings (SSSR count). The highest BCUT2D eigenvalue weighted by atomic mass is 16.6. The summed E-state index contributed by atoms with van der Waals surface area (Å²) in [6, 6.07) is 5.89. The third-order valence-corrected chi connectivity index (χ3v) is 5.69. The van der Waals surface area contributed by atoms with E-state index in [9.17, 15) is 9.90 Å². The second-order valence-corrected chi connectivity index (χ2v) is 8.97. The van der Waals surface area contributed by atoms with E-state index in [0.717, 1.165) is 6.61 Å². The summed E-state index contributed by atoms with van der Waals surface area (Å²) in [5.74, 6) is 0.327. The number of carbonyl (C=O) groups excluding carboxylic acids is 1. The number of esters is 1. The van der Waals surface area contributed by atoms with Gasteiger partial charge in [0.25, 0.3) is 0 Å². The predicted molar refractivity (Wildman–Crippen MR) is 146 cm³/mol. The molecule has 1 aromatic rings. The molecule has 9 heteroatoms. The molecule has 0 aliphatic carbocycles. The minimum atomic E-state index is -0.452. The second-order valence-electron chi connectivity index (χ2n) is 8.97. The molecule has 0 heterocycles. The van der Waals surface area contributed by atoms with Crippen LogP contribution in [0.5, 0.6) is 5.75 Å². The quantitative estimate of drug-likeness (QED) is 0.126. The number of phenolic OH excluding ortho intramolecular Hbond substituents is 1. The van der Waals surface area contributed by atoms with Crippen LogP contribution in [0.1, 0.15) is 62.7 Å². The van der Waals surface area contributed by atoms with Gasteiger partial charge in [0.15, 0.2) is 0 Å². The zero-order valence-corrected chi connectivity index (χ0v) is 23.5. The molecule has 1 atom stereocenters. The first kappa shape index (κ1) is 34.3. The lowest BCUT2D eigenvalue weighted by Gasteiger charge is -2.16. The van der Waals surface area contributed by atoms with Crippen molar-refractivity contribution < 1.29 is 43.1 Å². The maximum atomic E-state index is 11.8. The average Bonchev–Trinajstić information content (AvgIpc) is 2.92. The summed E-state index contributed by atoms with van der Waals surface area (Å²) in [6.07, 6.45) is 7.60. The molecule has 0 saturated heterocycles. The van der Waals surface area contributed by atoms with Gasteiger partial charge in [0.2, 0.25) is 0 Å². The fourth-order valence-electron chi connectivity index (χ4n) is 3.63. The van der Waals surface area contributed by atoms with Crippen LogP contribution >= 0.6 is 0 Å². The summed E-state index contributed by atoms with van der Waals surface area (Å²) in [5, 5.41) is 9.22. The van der Waals surface area contributed by atoms with Gasteiger partial charge in [0.1, 0.15) is 12.4 Å². The maximum absolute atomic E-state index is 11.8. The first-order chi connectivity index (χ1) is 18.7. The third-order valence-electron chi connectivity index (χ3n) is 5.69. The number of aromatic hydroxyl groups is 1. The van der Waals surface area contributed by atoms with Gasteiger partial charge >= 0.3 is 5.97 Å². The Morgan fingerprint density at radius 3 is 1.58 bits per heavy atom. The highest BCUT2D eigenvalue weighted by Crippen LogP contribution is 2.16.